The zero-order valence-corrected chi connectivity index (χ0v) is 13.9. The molecule has 1 heterocycles. The van der Waals surface area contributed by atoms with Gasteiger partial charge in [-0.1, -0.05) is 0 Å². The van der Waals surface area contributed by atoms with Gasteiger partial charge < -0.3 is 9.80 Å². The molecular weight excluding hydrogens is 322 g/mol. The fourth-order valence-electron chi connectivity index (χ4n) is 2.48. The molecule has 0 unspecified atom stereocenters. The highest BCUT2D eigenvalue weighted by Gasteiger charge is 2.20. The van der Waals surface area contributed by atoms with Crippen LogP contribution in [0.4, 0.5) is 8.78 Å². The van der Waals surface area contributed by atoms with Crippen LogP contribution in [0.3, 0.4) is 0 Å². The van der Waals surface area contributed by atoms with Gasteiger partial charge >= 0.3 is 0 Å². The molecule has 1 fully saturated rings. The first kappa shape index (κ1) is 17.7. The largest absolute Gasteiger partial charge is 0.341 e. The number of thioether (sulfide) groups is 1. The quantitative estimate of drug-likeness (QED) is 0.790. The predicted octanol–water partition coefficient (Wildman–Crippen LogP) is 2.53. The summed E-state index contributed by atoms with van der Waals surface area (Å²) in [6.45, 7) is 3.90. The van der Waals surface area contributed by atoms with E-state index < -0.39 is 11.6 Å². The molecule has 0 spiro atoms. The van der Waals surface area contributed by atoms with Gasteiger partial charge in [0.25, 0.3) is 0 Å². The van der Waals surface area contributed by atoms with Crippen molar-refractivity contribution in [3.63, 3.8) is 0 Å². The highest BCUT2D eigenvalue weighted by Crippen LogP contribution is 2.23. The first-order chi connectivity index (χ1) is 11.0. The van der Waals surface area contributed by atoms with Gasteiger partial charge in [0.15, 0.2) is 0 Å². The van der Waals surface area contributed by atoms with Crippen molar-refractivity contribution in [1.82, 2.24) is 9.80 Å². The highest BCUT2D eigenvalue weighted by molar-refractivity contribution is 7.99. The minimum Gasteiger partial charge on any atom is -0.341 e. The summed E-state index contributed by atoms with van der Waals surface area (Å²) in [5.74, 6) is -0.560. The normalized spacial score (nSPS) is 15.4. The van der Waals surface area contributed by atoms with E-state index in [1.807, 2.05) is 0 Å². The fourth-order valence-corrected chi connectivity index (χ4v) is 3.37. The lowest BCUT2D eigenvalue weighted by Crippen LogP contribution is -2.36. The Morgan fingerprint density at radius 3 is 2.57 bits per heavy atom. The molecule has 1 aromatic rings. The molecule has 0 N–H and O–H groups in total. The van der Waals surface area contributed by atoms with Crippen LogP contribution in [0.1, 0.15) is 19.8 Å². The second-order valence-electron chi connectivity index (χ2n) is 5.41. The van der Waals surface area contributed by atoms with Gasteiger partial charge in [-0.25, -0.2) is 8.78 Å². The number of carbonyl (C=O) groups excluding carboxylic acids is 2. The van der Waals surface area contributed by atoms with Crippen molar-refractivity contribution in [2.45, 2.75) is 24.7 Å². The van der Waals surface area contributed by atoms with Crippen molar-refractivity contribution in [2.24, 2.45) is 0 Å². The van der Waals surface area contributed by atoms with Gasteiger partial charge in [0, 0.05) is 50.2 Å². The molecule has 126 valence electrons. The molecular formula is C16H20F2N2O2S. The molecule has 2 rings (SSSR count). The molecule has 1 aliphatic heterocycles. The Bertz CT molecular complexity index is 583. The van der Waals surface area contributed by atoms with E-state index >= 15 is 0 Å². The van der Waals surface area contributed by atoms with E-state index in [0.717, 1.165) is 36.4 Å². The maximum Gasteiger partial charge on any atom is 0.223 e. The number of rotatable bonds is 4. The van der Waals surface area contributed by atoms with E-state index in [0.29, 0.717) is 31.9 Å². The Hall–Kier alpha value is -1.63. The first-order valence-electron chi connectivity index (χ1n) is 7.58. The first-order valence-corrected chi connectivity index (χ1v) is 8.57. The summed E-state index contributed by atoms with van der Waals surface area (Å²) in [6.07, 6.45) is 1.03. The molecule has 0 aromatic heterocycles. The molecule has 0 radical (unpaired) electrons. The molecule has 0 saturated carbocycles. The Morgan fingerprint density at radius 2 is 1.83 bits per heavy atom. The van der Waals surface area contributed by atoms with Crippen LogP contribution in [0.25, 0.3) is 0 Å². The van der Waals surface area contributed by atoms with E-state index in [1.165, 1.54) is 6.92 Å². The number of nitrogens with zero attached hydrogens (tertiary/aromatic N) is 2. The van der Waals surface area contributed by atoms with Gasteiger partial charge in [0.2, 0.25) is 11.8 Å². The molecule has 1 saturated heterocycles. The molecule has 0 aliphatic carbocycles. The Balaban J connectivity index is 1.80. The van der Waals surface area contributed by atoms with Gasteiger partial charge in [-0.3, -0.25) is 9.59 Å². The number of benzene rings is 1. The second kappa shape index (κ2) is 8.29. The van der Waals surface area contributed by atoms with E-state index in [2.05, 4.69) is 0 Å². The Labute approximate surface area is 138 Å². The van der Waals surface area contributed by atoms with Crippen molar-refractivity contribution in [3.05, 3.63) is 29.8 Å². The monoisotopic (exact) mass is 342 g/mol. The summed E-state index contributed by atoms with van der Waals surface area (Å²) in [5, 5.41) is 0. The van der Waals surface area contributed by atoms with Gasteiger partial charge in [-0.15, -0.1) is 11.8 Å². The molecule has 23 heavy (non-hydrogen) atoms. The standard InChI is InChI=1S/C16H20F2N2O2S/c1-12(21)19-6-2-7-20(9-8-19)16(22)5-10-23-15-11-13(17)3-4-14(15)18/h3-4,11H,2,5-10H2,1H3. The molecule has 1 aromatic carbocycles. The lowest BCUT2D eigenvalue weighted by atomic mass is 10.3. The third-order valence-corrected chi connectivity index (χ3v) is 4.79. The zero-order chi connectivity index (χ0) is 16.8. The number of hydrogen-bond donors (Lipinski definition) is 0. The molecule has 0 bridgehead atoms. The Kier molecular flexibility index (Phi) is 6.38. The van der Waals surface area contributed by atoms with Gasteiger partial charge in [0.1, 0.15) is 11.6 Å². The van der Waals surface area contributed by atoms with Crippen LogP contribution in [0, 0.1) is 11.6 Å². The van der Waals surface area contributed by atoms with Crippen LogP contribution < -0.4 is 0 Å². The van der Waals surface area contributed by atoms with Gasteiger partial charge in [-0.2, -0.15) is 0 Å². The van der Waals surface area contributed by atoms with E-state index in [4.69, 9.17) is 0 Å². The lowest BCUT2D eigenvalue weighted by Gasteiger charge is -2.21. The molecule has 7 heteroatoms. The lowest BCUT2D eigenvalue weighted by molar-refractivity contribution is -0.132. The summed E-state index contributed by atoms with van der Waals surface area (Å²) >= 11 is 1.14. The summed E-state index contributed by atoms with van der Waals surface area (Å²) < 4.78 is 26.6. The summed E-state index contributed by atoms with van der Waals surface area (Å²) in [7, 11) is 0. The van der Waals surface area contributed by atoms with Crippen LogP contribution in [0.2, 0.25) is 0 Å². The Morgan fingerprint density at radius 1 is 1.13 bits per heavy atom. The SMILES string of the molecule is CC(=O)N1CCCN(C(=O)CCSc2cc(F)ccc2F)CC1. The van der Waals surface area contributed by atoms with Crippen LogP contribution >= 0.6 is 11.8 Å². The number of halogens is 2. The van der Waals surface area contributed by atoms with Crippen LogP contribution in [0.15, 0.2) is 23.1 Å². The van der Waals surface area contributed by atoms with E-state index in [-0.39, 0.29) is 23.1 Å². The summed E-state index contributed by atoms with van der Waals surface area (Å²) in [5.41, 5.74) is 0. The van der Waals surface area contributed by atoms with Crippen molar-refractivity contribution in [2.75, 3.05) is 31.9 Å². The molecule has 2 amide bonds. The average molecular weight is 342 g/mol. The minimum absolute atomic E-state index is 0.0142. The average Bonchev–Trinajstić information content (AvgIpc) is 2.76. The maximum absolute atomic E-state index is 13.5. The number of carbonyl (C=O) groups is 2. The maximum atomic E-state index is 13.5. The van der Waals surface area contributed by atoms with Crippen LogP contribution in [0.5, 0.6) is 0 Å². The zero-order valence-electron chi connectivity index (χ0n) is 13.1. The topological polar surface area (TPSA) is 40.6 Å². The summed E-state index contributed by atoms with van der Waals surface area (Å²) in [6, 6.07) is 3.30. The van der Waals surface area contributed by atoms with Crippen molar-refractivity contribution < 1.29 is 18.4 Å². The van der Waals surface area contributed by atoms with Crippen LogP contribution in [-0.2, 0) is 9.59 Å². The molecule has 4 nitrogen and oxygen atoms in total. The van der Waals surface area contributed by atoms with Crippen molar-refractivity contribution >= 4 is 23.6 Å². The third-order valence-electron chi connectivity index (χ3n) is 3.76. The van der Waals surface area contributed by atoms with Crippen LogP contribution in [-0.4, -0.2) is 53.5 Å². The second-order valence-corrected chi connectivity index (χ2v) is 6.55. The smallest absolute Gasteiger partial charge is 0.223 e. The highest BCUT2D eigenvalue weighted by atomic mass is 32.2. The van der Waals surface area contributed by atoms with Gasteiger partial charge in [0.05, 0.1) is 0 Å². The van der Waals surface area contributed by atoms with Gasteiger partial charge in [-0.05, 0) is 24.6 Å². The van der Waals surface area contributed by atoms with E-state index in [9.17, 15) is 18.4 Å². The fraction of sp³-hybridized carbons (Fsp3) is 0.500. The molecule has 1 aliphatic rings. The van der Waals surface area contributed by atoms with E-state index in [1.54, 1.807) is 9.80 Å². The van der Waals surface area contributed by atoms with Crippen molar-refractivity contribution in [3.8, 4) is 0 Å². The van der Waals surface area contributed by atoms with Crippen molar-refractivity contribution in [1.29, 1.82) is 0 Å². The molecule has 0 atom stereocenters. The summed E-state index contributed by atoms with van der Waals surface area (Å²) in [4.78, 5) is 27.3. The minimum atomic E-state index is -0.489. The number of amides is 2. The number of hydrogen-bond acceptors (Lipinski definition) is 3. The predicted molar refractivity (Wildman–Crippen MR) is 85.2 cm³/mol. The third kappa shape index (κ3) is 5.20.